The Kier molecular flexibility index (Phi) is 6.22. The van der Waals surface area contributed by atoms with Crippen molar-refractivity contribution in [1.82, 2.24) is 10.2 Å². The summed E-state index contributed by atoms with van der Waals surface area (Å²) in [6, 6.07) is 11.2. The van der Waals surface area contributed by atoms with E-state index in [0.29, 0.717) is 30.2 Å². The Hall–Kier alpha value is -3.28. The zero-order valence-corrected chi connectivity index (χ0v) is 17.0. The number of hydrogen-bond donors (Lipinski definition) is 1. The maximum absolute atomic E-state index is 13.1. The molecular weight excluding hydrogens is 368 g/mol. The minimum absolute atomic E-state index is 0.0142. The average Bonchev–Trinajstić information content (AvgIpc) is 2.76. The van der Waals surface area contributed by atoms with Gasteiger partial charge in [-0.15, -0.1) is 0 Å². The second-order valence-electron chi connectivity index (χ2n) is 6.95. The molecule has 6 nitrogen and oxygen atoms in total. The van der Waals surface area contributed by atoms with Crippen LogP contribution in [-0.4, -0.2) is 37.5 Å². The lowest BCUT2D eigenvalue weighted by Gasteiger charge is -2.36. The van der Waals surface area contributed by atoms with Crippen LogP contribution in [0.5, 0.6) is 11.5 Å². The summed E-state index contributed by atoms with van der Waals surface area (Å²) in [4.78, 5) is 26.3. The standard InChI is InChI=1S/C23H26N2O4/c1-5-22(26)24-14-16-6-8-17(9-7-16)23(27)25-11-10-18-12-20(28-3)21(29-4)13-19(18)15(25)2/h5-9,12-13,15H,1,10-11,14H2,2-4H3,(H,24,26). The summed E-state index contributed by atoms with van der Waals surface area (Å²) >= 11 is 0. The van der Waals surface area contributed by atoms with E-state index in [1.165, 1.54) is 11.6 Å². The molecule has 2 aromatic rings. The van der Waals surface area contributed by atoms with Crippen LogP contribution in [0.2, 0.25) is 0 Å². The lowest BCUT2D eigenvalue weighted by molar-refractivity contribution is -0.116. The molecular formula is C23H26N2O4. The Morgan fingerprint density at radius 1 is 1.17 bits per heavy atom. The van der Waals surface area contributed by atoms with Crippen molar-refractivity contribution in [3.63, 3.8) is 0 Å². The highest BCUT2D eigenvalue weighted by atomic mass is 16.5. The van der Waals surface area contributed by atoms with Gasteiger partial charge in [0, 0.05) is 18.7 Å². The fourth-order valence-electron chi connectivity index (χ4n) is 3.61. The normalized spacial score (nSPS) is 15.3. The first-order chi connectivity index (χ1) is 14.0. The Balaban J connectivity index is 1.77. The number of amides is 2. The van der Waals surface area contributed by atoms with E-state index in [2.05, 4.69) is 11.9 Å². The van der Waals surface area contributed by atoms with Crippen LogP contribution in [0, 0.1) is 0 Å². The predicted octanol–water partition coefficient (Wildman–Crippen LogP) is 3.27. The predicted molar refractivity (Wildman–Crippen MR) is 111 cm³/mol. The first kappa shape index (κ1) is 20.5. The fourth-order valence-corrected chi connectivity index (χ4v) is 3.61. The van der Waals surface area contributed by atoms with Crippen molar-refractivity contribution in [2.45, 2.75) is 25.9 Å². The molecule has 6 heteroatoms. The van der Waals surface area contributed by atoms with E-state index in [4.69, 9.17) is 9.47 Å². The quantitative estimate of drug-likeness (QED) is 0.764. The maximum atomic E-state index is 13.1. The van der Waals surface area contributed by atoms with Crippen molar-refractivity contribution in [1.29, 1.82) is 0 Å². The molecule has 0 aromatic heterocycles. The van der Waals surface area contributed by atoms with Gasteiger partial charge in [-0.2, -0.15) is 0 Å². The number of fused-ring (bicyclic) bond motifs is 1. The number of ether oxygens (including phenoxy) is 2. The topological polar surface area (TPSA) is 67.9 Å². The number of benzene rings is 2. The SMILES string of the molecule is C=CC(=O)NCc1ccc(C(=O)N2CCc3cc(OC)c(OC)cc3C2C)cc1. The monoisotopic (exact) mass is 394 g/mol. The van der Waals surface area contributed by atoms with Gasteiger partial charge in [-0.25, -0.2) is 0 Å². The summed E-state index contributed by atoms with van der Waals surface area (Å²) in [5.41, 5.74) is 3.80. The van der Waals surface area contributed by atoms with Crippen LogP contribution < -0.4 is 14.8 Å². The molecule has 2 amide bonds. The minimum Gasteiger partial charge on any atom is -0.493 e. The van der Waals surface area contributed by atoms with Crippen LogP contribution in [0.3, 0.4) is 0 Å². The summed E-state index contributed by atoms with van der Waals surface area (Å²) in [5, 5.41) is 2.72. The Morgan fingerprint density at radius 2 is 1.83 bits per heavy atom. The van der Waals surface area contributed by atoms with E-state index in [0.717, 1.165) is 17.5 Å². The molecule has 0 aliphatic carbocycles. The molecule has 2 aromatic carbocycles. The number of methoxy groups -OCH3 is 2. The molecule has 0 spiro atoms. The van der Waals surface area contributed by atoms with Gasteiger partial charge in [0.1, 0.15) is 0 Å². The van der Waals surface area contributed by atoms with Gasteiger partial charge in [-0.05, 0) is 60.4 Å². The first-order valence-electron chi connectivity index (χ1n) is 9.53. The van der Waals surface area contributed by atoms with Crippen molar-refractivity contribution in [2.24, 2.45) is 0 Å². The van der Waals surface area contributed by atoms with Crippen LogP contribution in [0.1, 0.15) is 40.0 Å². The summed E-state index contributed by atoms with van der Waals surface area (Å²) in [6.07, 6.45) is 2.00. The maximum Gasteiger partial charge on any atom is 0.254 e. The second-order valence-corrected chi connectivity index (χ2v) is 6.95. The molecule has 0 fully saturated rings. The van der Waals surface area contributed by atoms with Crippen LogP contribution in [0.25, 0.3) is 0 Å². The number of carbonyl (C=O) groups excluding carboxylic acids is 2. The van der Waals surface area contributed by atoms with Gasteiger partial charge in [-0.3, -0.25) is 9.59 Å². The van der Waals surface area contributed by atoms with Crippen molar-refractivity contribution >= 4 is 11.8 Å². The lowest BCUT2D eigenvalue weighted by Crippen LogP contribution is -2.38. The van der Waals surface area contributed by atoms with Crippen molar-refractivity contribution in [2.75, 3.05) is 20.8 Å². The third-order valence-electron chi connectivity index (χ3n) is 5.30. The average molecular weight is 394 g/mol. The summed E-state index contributed by atoms with van der Waals surface area (Å²) in [5.74, 6) is 1.13. The fraction of sp³-hybridized carbons (Fsp3) is 0.304. The van der Waals surface area contributed by atoms with Gasteiger partial charge >= 0.3 is 0 Å². The van der Waals surface area contributed by atoms with Gasteiger partial charge in [0.25, 0.3) is 5.91 Å². The molecule has 1 N–H and O–H groups in total. The highest BCUT2D eigenvalue weighted by Crippen LogP contribution is 2.38. The highest BCUT2D eigenvalue weighted by molar-refractivity contribution is 5.94. The van der Waals surface area contributed by atoms with E-state index in [-0.39, 0.29) is 17.9 Å². The van der Waals surface area contributed by atoms with Crippen molar-refractivity contribution in [3.05, 3.63) is 71.3 Å². The van der Waals surface area contributed by atoms with E-state index in [1.54, 1.807) is 26.4 Å². The highest BCUT2D eigenvalue weighted by Gasteiger charge is 2.29. The molecule has 1 unspecified atom stereocenters. The van der Waals surface area contributed by atoms with Gasteiger partial charge in [0.15, 0.2) is 11.5 Å². The van der Waals surface area contributed by atoms with E-state index < -0.39 is 0 Å². The number of carbonyl (C=O) groups is 2. The summed E-state index contributed by atoms with van der Waals surface area (Å²) < 4.78 is 10.8. The van der Waals surface area contributed by atoms with Gasteiger partial charge in [0.2, 0.25) is 5.91 Å². The largest absolute Gasteiger partial charge is 0.493 e. The minimum atomic E-state index is -0.224. The zero-order chi connectivity index (χ0) is 21.0. The Morgan fingerprint density at radius 3 is 2.45 bits per heavy atom. The molecule has 1 atom stereocenters. The first-order valence-corrected chi connectivity index (χ1v) is 9.53. The third kappa shape index (κ3) is 4.26. The van der Waals surface area contributed by atoms with Gasteiger partial charge < -0.3 is 19.7 Å². The van der Waals surface area contributed by atoms with Crippen LogP contribution in [0.15, 0.2) is 49.1 Å². The van der Waals surface area contributed by atoms with Crippen molar-refractivity contribution < 1.29 is 19.1 Å². The number of nitrogens with one attached hydrogen (secondary N) is 1. The van der Waals surface area contributed by atoms with E-state index in [1.807, 2.05) is 36.1 Å². The Labute approximate surface area is 171 Å². The van der Waals surface area contributed by atoms with Gasteiger partial charge in [-0.1, -0.05) is 18.7 Å². The number of nitrogens with zero attached hydrogens (tertiary/aromatic N) is 1. The third-order valence-corrected chi connectivity index (χ3v) is 5.30. The zero-order valence-electron chi connectivity index (χ0n) is 17.0. The molecule has 1 aliphatic rings. The molecule has 0 bridgehead atoms. The van der Waals surface area contributed by atoms with E-state index >= 15 is 0 Å². The van der Waals surface area contributed by atoms with Crippen LogP contribution >= 0.6 is 0 Å². The van der Waals surface area contributed by atoms with Crippen LogP contribution in [-0.2, 0) is 17.8 Å². The van der Waals surface area contributed by atoms with Crippen molar-refractivity contribution in [3.8, 4) is 11.5 Å². The number of hydrogen-bond acceptors (Lipinski definition) is 4. The molecule has 152 valence electrons. The molecule has 0 saturated carbocycles. The van der Waals surface area contributed by atoms with E-state index in [9.17, 15) is 9.59 Å². The molecule has 1 heterocycles. The number of rotatable bonds is 6. The molecule has 0 radical (unpaired) electrons. The Bertz CT molecular complexity index is 921. The second kappa shape index (κ2) is 8.82. The molecule has 0 saturated heterocycles. The summed E-state index contributed by atoms with van der Waals surface area (Å²) in [7, 11) is 3.23. The molecule has 1 aliphatic heterocycles. The smallest absolute Gasteiger partial charge is 0.254 e. The van der Waals surface area contributed by atoms with Crippen LogP contribution in [0.4, 0.5) is 0 Å². The molecule has 3 rings (SSSR count). The van der Waals surface area contributed by atoms with Gasteiger partial charge in [0.05, 0.1) is 20.3 Å². The molecule has 29 heavy (non-hydrogen) atoms. The lowest BCUT2D eigenvalue weighted by atomic mass is 9.92. The summed E-state index contributed by atoms with van der Waals surface area (Å²) in [6.45, 7) is 6.49.